The molecule has 0 atom stereocenters. The predicted molar refractivity (Wildman–Crippen MR) is 84.8 cm³/mol. The van der Waals surface area contributed by atoms with Crippen molar-refractivity contribution < 1.29 is 22.7 Å². The number of likely N-dealkylation sites (N-methyl/N-ethyl adjacent to an activating group) is 1. The number of carbonyl (C=O) groups excluding carboxylic acids is 1. The van der Waals surface area contributed by atoms with Gasteiger partial charge in [0.1, 0.15) is 5.75 Å². The SMILES string of the molecule is CN(Cc1ccccc1OC(F)(F)F)C(=O)Cc1ccc(Cl)cc1. The van der Waals surface area contributed by atoms with Gasteiger partial charge in [-0.1, -0.05) is 41.9 Å². The van der Waals surface area contributed by atoms with Gasteiger partial charge in [0.25, 0.3) is 0 Å². The molecule has 0 saturated carbocycles. The molecule has 3 nitrogen and oxygen atoms in total. The summed E-state index contributed by atoms with van der Waals surface area (Å²) in [5.41, 5.74) is 1.05. The van der Waals surface area contributed by atoms with Crippen molar-refractivity contribution in [1.82, 2.24) is 4.90 Å². The fraction of sp³-hybridized carbons (Fsp3) is 0.235. The number of ether oxygens (including phenoxy) is 1. The molecule has 2 aromatic rings. The van der Waals surface area contributed by atoms with Gasteiger partial charge in [0.2, 0.25) is 5.91 Å². The molecule has 0 saturated heterocycles. The Hall–Kier alpha value is -2.21. The fourth-order valence-corrected chi connectivity index (χ4v) is 2.24. The van der Waals surface area contributed by atoms with Crippen molar-refractivity contribution in [1.29, 1.82) is 0 Å². The van der Waals surface area contributed by atoms with Gasteiger partial charge >= 0.3 is 6.36 Å². The summed E-state index contributed by atoms with van der Waals surface area (Å²) in [6.07, 6.45) is -4.64. The molecule has 0 spiro atoms. The van der Waals surface area contributed by atoms with Crippen LogP contribution in [0.4, 0.5) is 13.2 Å². The number of carbonyl (C=O) groups is 1. The standard InChI is InChI=1S/C17H15ClF3NO2/c1-22(16(23)10-12-6-8-14(18)9-7-12)11-13-4-2-3-5-15(13)24-17(19,20)21/h2-9H,10-11H2,1H3. The lowest BCUT2D eigenvalue weighted by Gasteiger charge is -2.20. The second-order valence-corrected chi connectivity index (χ2v) is 5.65. The van der Waals surface area contributed by atoms with Crippen LogP contribution in [0.25, 0.3) is 0 Å². The molecule has 0 heterocycles. The second kappa shape index (κ2) is 7.57. The average Bonchev–Trinajstić information content (AvgIpc) is 2.50. The number of rotatable bonds is 5. The number of amides is 1. The summed E-state index contributed by atoms with van der Waals surface area (Å²) in [5.74, 6) is -0.532. The zero-order chi connectivity index (χ0) is 17.7. The van der Waals surface area contributed by atoms with Crippen molar-refractivity contribution in [3.05, 3.63) is 64.7 Å². The molecule has 0 aliphatic rings. The Labute approximate surface area is 142 Å². The number of benzene rings is 2. The van der Waals surface area contributed by atoms with Crippen molar-refractivity contribution in [2.75, 3.05) is 7.05 Å². The summed E-state index contributed by atoms with van der Waals surface area (Å²) in [6.45, 7) is 0.0126. The smallest absolute Gasteiger partial charge is 0.405 e. The van der Waals surface area contributed by atoms with E-state index in [-0.39, 0.29) is 30.2 Å². The Balaban J connectivity index is 2.05. The molecule has 128 valence electrons. The van der Waals surface area contributed by atoms with E-state index in [1.54, 1.807) is 30.3 Å². The topological polar surface area (TPSA) is 29.5 Å². The Morgan fingerprint density at radius 3 is 2.38 bits per heavy atom. The van der Waals surface area contributed by atoms with Crippen LogP contribution in [0.5, 0.6) is 5.75 Å². The molecule has 1 amide bonds. The van der Waals surface area contributed by atoms with Crippen LogP contribution < -0.4 is 4.74 Å². The van der Waals surface area contributed by atoms with Crippen LogP contribution in [-0.4, -0.2) is 24.2 Å². The second-order valence-electron chi connectivity index (χ2n) is 5.21. The van der Waals surface area contributed by atoms with Gasteiger partial charge in [0.05, 0.1) is 6.42 Å². The maximum Gasteiger partial charge on any atom is 0.573 e. The molecular formula is C17H15ClF3NO2. The van der Waals surface area contributed by atoms with Crippen LogP contribution >= 0.6 is 11.6 Å². The lowest BCUT2D eigenvalue weighted by atomic mass is 10.1. The van der Waals surface area contributed by atoms with E-state index in [9.17, 15) is 18.0 Å². The summed E-state index contributed by atoms with van der Waals surface area (Å²) in [7, 11) is 1.53. The van der Waals surface area contributed by atoms with E-state index in [4.69, 9.17) is 11.6 Å². The molecule has 0 aromatic heterocycles. The number of nitrogens with zero attached hydrogens (tertiary/aromatic N) is 1. The van der Waals surface area contributed by atoms with E-state index in [1.165, 1.54) is 30.1 Å². The monoisotopic (exact) mass is 357 g/mol. The molecule has 0 radical (unpaired) electrons. The normalized spacial score (nSPS) is 11.2. The van der Waals surface area contributed by atoms with Crippen LogP contribution in [-0.2, 0) is 17.8 Å². The quantitative estimate of drug-likeness (QED) is 0.791. The number of hydrogen-bond acceptors (Lipinski definition) is 2. The lowest BCUT2D eigenvalue weighted by Crippen LogP contribution is -2.28. The van der Waals surface area contributed by atoms with E-state index < -0.39 is 6.36 Å². The molecule has 0 aliphatic carbocycles. The molecule has 0 N–H and O–H groups in total. The van der Waals surface area contributed by atoms with Gasteiger partial charge in [-0.3, -0.25) is 4.79 Å². The molecule has 24 heavy (non-hydrogen) atoms. The van der Waals surface area contributed by atoms with E-state index >= 15 is 0 Å². The van der Waals surface area contributed by atoms with Crippen molar-refractivity contribution in [2.24, 2.45) is 0 Å². The summed E-state index contributed by atoms with van der Waals surface area (Å²) in [4.78, 5) is 13.6. The third kappa shape index (κ3) is 5.45. The van der Waals surface area contributed by atoms with Gasteiger partial charge in [-0.25, -0.2) is 0 Å². The molecular weight excluding hydrogens is 343 g/mol. The summed E-state index contributed by atoms with van der Waals surface area (Å²) >= 11 is 5.79. The first kappa shape index (κ1) is 18.1. The highest BCUT2D eigenvalue weighted by atomic mass is 35.5. The van der Waals surface area contributed by atoms with Gasteiger partial charge < -0.3 is 9.64 Å². The lowest BCUT2D eigenvalue weighted by molar-refractivity contribution is -0.275. The predicted octanol–water partition coefficient (Wildman–Crippen LogP) is 4.44. The van der Waals surface area contributed by atoms with Crippen LogP contribution in [0.2, 0.25) is 5.02 Å². The molecule has 2 rings (SSSR count). The van der Waals surface area contributed by atoms with Crippen LogP contribution in [0.3, 0.4) is 0 Å². The minimum atomic E-state index is -4.78. The molecule has 0 fully saturated rings. The number of alkyl halides is 3. The maximum atomic E-state index is 12.4. The summed E-state index contributed by atoms with van der Waals surface area (Å²) in [5, 5.41) is 0.567. The van der Waals surface area contributed by atoms with Crippen molar-refractivity contribution in [2.45, 2.75) is 19.3 Å². The third-order valence-corrected chi connectivity index (χ3v) is 3.55. The fourth-order valence-electron chi connectivity index (χ4n) is 2.11. The molecule has 0 bridgehead atoms. The highest BCUT2D eigenvalue weighted by Gasteiger charge is 2.32. The Bertz CT molecular complexity index is 702. The van der Waals surface area contributed by atoms with Crippen molar-refractivity contribution in [3.8, 4) is 5.75 Å². The average molecular weight is 358 g/mol. The van der Waals surface area contributed by atoms with Crippen LogP contribution in [0.1, 0.15) is 11.1 Å². The molecule has 0 aliphatic heterocycles. The maximum absolute atomic E-state index is 12.4. The van der Waals surface area contributed by atoms with E-state index in [1.807, 2.05) is 0 Å². The van der Waals surface area contributed by atoms with Gasteiger partial charge in [0, 0.05) is 24.2 Å². The van der Waals surface area contributed by atoms with Crippen LogP contribution in [0.15, 0.2) is 48.5 Å². The van der Waals surface area contributed by atoms with Gasteiger partial charge in [0.15, 0.2) is 0 Å². The molecule has 7 heteroatoms. The zero-order valence-electron chi connectivity index (χ0n) is 12.8. The number of halogens is 4. The van der Waals surface area contributed by atoms with Gasteiger partial charge in [-0.15, -0.1) is 13.2 Å². The van der Waals surface area contributed by atoms with Crippen molar-refractivity contribution in [3.63, 3.8) is 0 Å². The largest absolute Gasteiger partial charge is 0.573 e. The first-order valence-corrected chi connectivity index (χ1v) is 7.44. The Morgan fingerprint density at radius 1 is 1.12 bits per heavy atom. The van der Waals surface area contributed by atoms with E-state index in [0.717, 1.165) is 5.56 Å². The summed E-state index contributed by atoms with van der Waals surface area (Å²) in [6, 6.07) is 12.6. The minimum absolute atomic E-state index is 0.0126. The molecule has 2 aromatic carbocycles. The highest BCUT2D eigenvalue weighted by Crippen LogP contribution is 2.27. The Morgan fingerprint density at radius 2 is 1.75 bits per heavy atom. The van der Waals surface area contributed by atoms with Gasteiger partial charge in [-0.05, 0) is 23.8 Å². The summed E-state index contributed by atoms with van der Waals surface area (Å²) < 4.78 is 41.3. The van der Waals surface area contributed by atoms with Gasteiger partial charge in [-0.2, -0.15) is 0 Å². The zero-order valence-corrected chi connectivity index (χ0v) is 13.6. The molecule has 0 unspecified atom stereocenters. The first-order chi connectivity index (χ1) is 11.2. The minimum Gasteiger partial charge on any atom is -0.405 e. The number of para-hydroxylation sites is 1. The highest BCUT2D eigenvalue weighted by molar-refractivity contribution is 6.30. The van der Waals surface area contributed by atoms with Crippen molar-refractivity contribution >= 4 is 17.5 Å². The Kier molecular flexibility index (Phi) is 5.72. The van der Waals surface area contributed by atoms with Crippen LogP contribution in [0, 0.1) is 0 Å². The van der Waals surface area contributed by atoms with E-state index in [0.29, 0.717) is 5.02 Å². The first-order valence-electron chi connectivity index (χ1n) is 7.06. The van der Waals surface area contributed by atoms with E-state index in [2.05, 4.69) is 4.74 Å². The number of hydrogen-bond donors (Lipinski definition) is 0. The third-order valence-electron chi connectivity index (χ3n) is 3.30.